The van der Waals surface area contributed by atoms with Crippen LogP contribution in [0.3, 0.4) is 0 Å². The van der Waals surface area contributed by atoms with Crippen molar-refractivity contribution in [2.75, 3.05) is 0 Å². The summed E-state index contributed by atoms with van der Waals surface area (Å²) in [5.41, 5.74) is 0. The molecule has 0 bridgehead atoms. The van der Waals surface area contributed by atoms with Crippen LogP contribution in [0.15, 0.2) is 0 Å². The maximum atomic E-state index is 11.5. The molecule has 0 saturated heterocycles. The van der Waals surface area contributed by atoms with Crippen LogP contribution in [-0.2, 0) is 10.1 Å². The fraction of sp³-hybridized carbons (Fsp3) is 1.00. The first-order valence-corrected chi connectivity index (χ1v) is 11.6. The molecule has 2 N–H and O–H groups in total. The molecule has 146 valence electrons. The van der Waals surface area contributed by atoms with Crippen LogP contribution >= 0.6 is 0 Å². The van der Waals surface area contributed by atoms with Crippen LogP contribution < -0.4 is 0 Å². The Morgan fingerprint density at radius 2 is 1.12 bits per heavy atom. The van der Waals surface area contributed by atoms with Gasteiger partial charge in [-0.1, -0.05) is 84.5 Å². The van der Waals surface area contributed by atoms with Gasteiger partial charge in [-0.15, -0.1) is 0 Å². The Bertz CT molecular complexity index is 368. The van der Waals surface area contributed by atoms with E-state index < -0.39 is 15.4 Å². The summed E-state index contributed by atoms with van der Waals surface area (Å²) in [6.07, 6.45) is 14.5. The van der Waals surface area contributed by atoms with Crippen molar-refractivity contribution in [2.45, 2.75) is 122 Å². The van der Waals surface area contributed by atoms with Gasteiger partial charge in [0.05, 0.1) is 11.4 Å². The lowest BCUT2D eigenvalue weighted by molar-refractivity contribution is 0.156. The Hall–Kier alpha value is -0.130. The Morgan fingerprint density at radius 3 is 1.54 bits per heavy atom. The molecule has 0 fully saturated rings. The third-order valence-corrected chi connectivity index (χ3v) is 6.15. The highest BCUT2D eigenvalue weighted by Gasteiger charge is 2.21. The fourth-order valence-electron chi connectivity index (χ4n) is 3.08. The van der Waals surface area contributed by atoms with Gasteiger partial charge in [-0.05, 0) is 25.7 Å². The number of aliphatic hydroxyl groups is 1. The largest absolute Gasteiger partial charge is 0.393 e. The van der Waals surface area contributed by atoms with E-state index >= 15 is 0 Å². The molecule has 0 radical (unpaired) electrons. The molecule has 0 saturated carbocycles. The zero-order chi connectivity index (χ0) is 18.3. The van der Waals surface area contributed by atoms with E-state index in [2.05, 4.69) is 6.92 Å². The molecule has 4 nitrogen and oxygen atoms in total. The Balaban J connectivity index is 3.77. The van der Waals surface area contributed by atoms with Crippen molar-refractivity contribution in [1.82, 2.24) is 0 Å². The monoisotopic (exact) mass is 364 g/mol. The van der Waals surface area contributed by atoms with Gasteiger partial charge < -0.3 is 5.11 Å². The second kappa shape index (κ2) is 15.2. The zero-order valence-electron chi connectivity index (χ0n) is 15.9. The van der Waals surface area contributed by atoms with Crippen LogP contribution in [-0.4, -0.2) is 29.4 Å². The third kappa shape index (κ3) is 14.2. The Kier molecular flexibility index (Phi) is 15.1. The van der Waals surface area contributed by atoms with E-state index in [4.69, 9.17) is 0 Å². The quantitative estimate of drug-likeness (QED) is 0.264. The number of rotatable bonds is 17. The maximum absolute atomic E-state index is 11.5. The van der Waals surface area contributed by atoms with Crippen LogP contribution in [0.4, 0.5) is 0 Å². The minimum Gasteiger partial charge on any atom is -0.393 e. The summed E-state index contributed by atoms with van der Waals surface area (Å²) in [5.74, 6) is 0. The van der Waals surface area contributed by atoms with Gasteiger partial charge in [0.25, 0.3) is 10.1 Å². The van der Waals surface area contributed by atoms with Gasteiger partial charge in [0.1, 0.15) is 0 Å². The molecule has 0 spiro atoms. The van der Waals surface area contributed by atoms with E-state index in [0.717, 1.165) is 64.2 Å². The standard InChI is InChI=1S/C19H40O4S/c1-3-5-6-7-10-13-16-19(24(21,22)23)17-14-11-8-9-12-15-18(20)4-2/h18-20H,3-17H2,1-2H3,(H,21,22,23). The normalized spacial score (nSPS) is 14.7. The molecule has 5 heteroatoms. The first kappa shape index (κ1) is 23.9. The second-order valence-corrected chi connectivity index (χ2v) is 8.80. The number of hydrogen-bond acceptors (Lipinski definition) is 3. The summed E-state index contributed by atoms with van der Waals surface area (Å²) in [4.78, 5) is 0. The van der Waals surface area contributed by atoms with Gasteiger partial charge in [-0.2, -0.15) is 8.42 Å². The first-order chi connectivity index (χ1) is 11.4. The highest BCUT2D eigenvalue weighted by atomic mass is 32.2. The average molecular weight is 365 g/mol. The van der Waals surface area contributed by atoms with Crippen molar-refractivity contribution >= 4 is 10.1 Å². The number of hydrogen-bond donors (Lipinski definition) is 2. The maximum Gasteiger partial charge on any atom is 0.267 e. The zero-order valence-corrected chi connectivity index (χ0v) is 16.7. The molecule has 2 atom stereocenters. The summed E-state index contributed by atoms with van der Waals surface area (Å²) in [6, 6.07) is 0. The van der Waals surface area contributed by atoms with Crippen molar-refractivity contribution < 1.29 is 18.1 Å². The van der Waals surface area contributed by atoms with E-state index in [1.165, 1.54) is 19.3 Å². The van der Waals surface area contributed by atoms with Crippen LogP contribution in [0.2, 0.25) is 0 Å². The minimum atomic E-state index is -3.91. The molecule has 0 rings (SSSR count). The lowest BCUT2D eigenvalue weighted by Gasteiger charge is -2.14. The van der Waals surface area contributed by atoms with Crippen molar-refractivity contribution in [3.8, 4) is 0 Å². The van der Waals surface area contributed by atoms with Crippen LogP contribution in [0.25, 0.3) is 0 Å². The summed E-state index contributed by atoms with van der Waals surface area (Å²) >= 11 is 0. The highest BCUT2D eigenvalue weighted by Crippen LogP contribution is 2.19. The molecule has 24 heavy (non-hydrogen) atoms. The van der Waals surface area contributed by atoms with Crippen molar-refractivity contribution in [3.63, 3.8) is 0 Å². The summed E-state index contributed by atoms with van der Waals surface area (Å²) in [7, 11) is -3.91. The molecule has 0 aliphatic rings. The predicted molar refractivity (Wildman–Crippen MR) is 102 cm³/mol. The molecule has 0 aromatic rings. The summed E-state index contributed by atoms with van der Waals surface area (Å²) < 4.78 is 32.4. The lowest BCUT2D eigenvalue weighted by Crippen LogP contribution is -2.20. The number of aliphatic hydroxyl groups excluding tert-OH is 1. The Morgan fingerprint density at radius 1 is 0.708 bits per heavy atom. The lowest BCUT2D eigenvalue weighted by atomic mass is 10.0. The van der Waals surface area contributed by atoms with E-state index in [0.29, 0.717) is 12.8 Å². The minimum absolute atomic E-state index is 0.175. The second-order valence-electron chi connectivity index (χ2n) is 7.10. The third-order valence-electron chi connectivity index (χ3n) is 4.84. The van der Waals surface area contributed by atoms with Gasteiger partial charge >= 0.3 is 0 Å². The molecule has 0 aliphatic carbocycles. The van der Waals surface area contributed by atoms with Crippen molar-refractivity contribution in [3.05, 3.63) is 0 Å². The average Bonchev–Trinajstić information content (AvgIpc) is 2.53. The van der Waals surface area contributed by atoms with Crippen LogP contribution in [0.5, 0.6) is 0 Å². The molecular weight excluding hydrogens is 324 g/mol. The first-order valence-electron chi connectivity index (χ1n) is 10.1. The SMILES string of the molecule is CCCCCCCCC(CCCCCCCC(O)CC)S(=O)(=O)O. The van der Waals surface area contributed by atoms with Gasteiger partial charge in [-0.25, -0.2) is 0 Å². The van der Waals surface area contributed by atoms with Gasteiger partial charge in [-0.3, -0.25) is 4.55 Å². The summed E-state index contributed by atoms with van der Waals surface area (Å²) in [6.45, 7) is 4.17. The van der Waals surface area contributed by atoms with E-state index in [1.54, 1.807) is 0 Å². The van der Waals surface area contributed by atoms with E-state index in [-0.39, 0.29) is 6.10 Å². The summed E-state index contributed by atoms with van der Waals surface area (Å²) in [5, 5.41) is 8.90. The van der Waals surface area contributed by atoms with Gasteiger partial charge in [0, 0.05) is 0 Å². The van der Waals surface area contributed by atoms with Gasteiger partial charge in [0.2, 0.25) is 0 Å². The van der Waals surface area contributed by atoms with Gasteiger partial charge in [0.15, 0.2) is 0 Å². The molecule has 2 unspecified atom stereocenters. The molecule has 0 aliphatic heterocycles. The molecular formula is C19H40O4S. The van der Waals surface area contributed by atoms with Crippen molar-refractivity contribution in [1.29, 1.82) is 0 Å². The van der Waals surface area contributed by atoms with E-state index in [9.17, 15) is 18.1 Å². The molecule has 0 heterocycles. The number of unbranched alkanes of at least 4 members (excludes halogenated alkanes) is 9. The smallest absolute Gasteiger partial charge is 0.267 e. The predicted octanol–water partition coefficient (Wildman–Crippen LogP) is 5.50. The topological polar surface area (TPSA) is 74.6 Å². The Labute approximate surface area is 150 Å². The van der Waals surface area contributed by atoms with Crippen LogP contribution in [0.1, 0.15) is 110 Å². The molecule has 0 amide bonds. The highest BCUT2D eigenvalue weighted by molar-refractivity contribution is 7.86. The molecule has 0 aromatic heterocycles. The fourth-order valence-corrected chi connectivity index (χ4v) is 4.01. The van der Waals surface area contributed by atoms with Crippen LogP contribution in [0, 0.1) is 0 Å². The van der Waals surface area contributed by atoms with Crippen molar-refractivity contribution in [2.24, 2.45) is 0 Å². The van der Waals surface area contributed by atoms with E-state index in [1.807, 2.05) is 6.92 Å². The molecule has 0 aromatic carbocycles.